The zero-order valence-corrected chi connectivity index (χ0v) is 8.34. The van der Waals surface area contributed by atoms with Crippen LogP contribution in [0, 0.1) is 4.77 Å². The van der Waals surface area contributed by atoms with Gasteiger partial charge < -0.3 is 15.1 Å². The Morgan fingerprint density at radius 3 is 2.93 bits per heavy atom. The van der Waals surface area contributed by atoms with Gasteiger partial charge in [-0.15, -0.1) is 0 Å². The molecule has 0 aliphatic heterocycles. The minimum Gasteiger partial charge on any atom is -0.478 e. The Kier molecular flexibility index (Phi) is 2.34. The van der Waals surface area contributed by atoms with E-state index < -0.39 is 5.97 Å². The number of carboxylic acids is 1. The van der Waals surface area contributed by atoms with Crippen LogP contribution >= 0.6 is 12.2 Å². The van der Waals surface area contributed by atoms with Crippen molar-refractivity contribution in [1.82, 2.24) is 15.0 Å². The Hall–Kier alpha value is -1.95. The Bertz CT molecular complexity index is 545. The molecule has 6 heteroatoms. The molecule has 5 nitrogen and oxygen atoms in total. The molecule has 2 aromatic rings. The quantitative estimate of drug-likeness (QED) is 0.676. The van der Waals surface area contributed by atoms with Gasteiger partial charge in [0.15, 0.2) is 4.77 Å². The van der Waals surface area contributed by atoms with Crippen LogP contribution in [-0.2, 0) is 0 Å². The molecule has 0 radical (unpaired) electrons. The number of nitrogens with zero attached hydrogens (tertiary/aromatic N) is 1. The largest absolute Gasteiger partial charge is 0.478 e. The maximum absolute atomic E-state index is 10.9. The maximum Gasteiger partial charge on any atom is 0.339 e. The normalized spacial score (nSPS) is 10.1. The van der Waals surface area contributed by atoms with Gasteiger partial charge in [-0.3, -0.25) is 0 Å². The molecule has 15 heavy (non-hydrogen) atoms. The van der Waals surface area contributed by atoms with E-state index in [0.717, 1.165) is 0 Å². The van der Waals surface area contributed by atoms with Gasteiger partial charge in [0.1, 0.15) is 5.56 Å². The predicted molar refractivity (Wildman–Crippen MR) is 56.2 cm³/mol. The van der Waals surface area contributed by atoms with Crippen LogP contribution in [0.15, 0.2) is 24.5 Å². The van der Waals surface area contributed by atoms with E-state index in [-0.39, 0.29) is 10.3 Å². The fourth-order valence-corrected chi connectivity index (χ4v) is 1.41. The number of nitrogens with one attached hydrogen (secondary N) is 2. The minimum absolute atomic E-state index is 0.0889. The number of carbonyl (C=O) groups is 1. The summed E-state index contributed by atoms with van der Waals surface area (Å²) in [6.45, 7) is 0. The van der Waals surface area contributed by atoms with E-state index in [2.05, 4.69) is 15.0 Å². The monoisotopic (exact) mass is 221 g/mol. The van der Waals surface area contributed by atoms with Crippen LogP contribution in [0.5, 0.6) is 0 Å². The molecule has 0 fully saturated rings. The van der Waals surface area contributed by atoms with Crippen LogP contribution in [0.3, 0.4) is 0 Å². The molecule has 0 atom stereocenters. The van der Waals surface area contributed by atoms with Gasteiger partial charge >= 0.3 is 5.97 Å². The van der Waals surface area contributed by atoms with E-state index in [4.69, 9.17) is 17.3 Å². The number of aromatic carboxylic acids is 1. The third-order valence-corrected chi connectivity index (χ3v) is 2.12. The van der Waals surface area contributed by atoms with Crippen molar-refractivity contribution in [2.75, 3.05) is 0 Å². The van der Waals surface area contributed by atoms with Crippen molar-refractivity contribution >= 4 is 18.2 Å². The second-order valence-corrected chi connectivity index (χ2v) is 3.25. The molecule has 0 saturated carbocycles. The third kappa shape index (κ3) is 1.79. The molecule has 0 saturated heterocycles. The number of carboxylic acid groups (broad SMARTS) is 1. The van der Waals surface area contributed by atoms with E-state index in [9.17, 15) is 4.79 Å². The molecule has 0 spiro atoms. The summed E-state index contributed by atoms with van der Waals surface area (Å²) < 4.78 is 0.254. The molecule has 3 N–H and O–H groups in total. The van der Waals surface area contributed by atoms with Gasteiger partial charge in [-0.2, -0.15) is 0 Å². The first-order valence-corrected chi connectivity index (χ1v) is 4.55. The van der Waals surface area contributed by atoms with E-state index in [1.165, 1.54) is 6.20 Å². The number of hydrogen-bond donors (Lipinski definition) is 3. The molecule has 0 unspecified atom stereocenters. The van der Waals surface area contributed by atoms with E-state index in [1.807, 2.05) is 0 Å². The highest BCUT2D eigenvalue weighted by molar-refractivity contribution is 7.71. The van der Waals surface area contributed by atoms with Crippen LogP contribution < -0.4 is 0 Å². The van der Waals surface area contributed by atoms with E-state index in [1.54, 1.807) is 18.3 Å². The molecule has 2 aromatic heterocycles. The lowest BCUT2D eigenvalue weighted by molar-refractivity contribution is 0.0697. The van der Waals surface area contributed by atoms with Crippen molar-refractivity contribution < 1.29 is 9.90 Å². The lowest BCUT2D eigenvalue weighted by Gasteiger charge is -2.02. The highest BCUT2D eigenvalue weighted by atomic mass is 32.1. The first kappa shape index (κ1) is 9.60. The summed E-state index contributed by atoms with van der Waals surface area (Å²) in [4.78, 5) is 20.3. The van der Waals surface area contributed by atoms with Crippen molar-refractivity contribution in [3.05, 3.63) is 34.9 Å². The lowest BCUT2D eigenvalue weighted by atomic mass is 10.2. The maximum atomic E-state index is 10.9. The molecule has 0 aromatic carbocycles. The molecule has 76 valence electrons. The van der Waals surface area contributed by atoms with Gasteiger partial charge in [-0.25, -0.2) is 9.78 Å². The zero-order chi connectivity index (χ0) is 10.8. The Morgan fingerprint density at radius 2 is 2.33 bits per heavy atom. The van der Waals surface area contributed by atoms with Gasteiger partial charge in [0.25, 0.3) is 0 Å². The molecule has 2 heterocycles. The van der Waals surface area contributed by atoms with Crippen molar-refractivity contribution in [1.29, 1.82) is 0 Å². The average molecular weight is 221 g/mol. The highest BCUT2D eigenvalue weighted by Crippen LogP contribution is 2.18. The first-order chi connectivity index (χ1) is 7.18. The molecule has 0 aliphatic rings. The van der Waals surface area contributed by atoms with Crippen LogP contribution in [-0.4, -0.2) is 26.0 Å². The smallest absolute Gasteiger partial charge is 0.339 e. The van der Waals surface area contributed by atoms with E-state index in [0.29, 0.717) is 11.4 Å². The van der Waals surface area contributed by atoms with Crippen molar-refractivity contribution in [3.63, 3.8) is 0 Å². The SMILES string of the molecule is O=C(O)c1cnc(=S)[nH]c1-c1ccc[nH]1. The second-order valence-electron chi connectivity index (χ2n) is 2.87. The summed E-state index contributed by atoms with van der Waals surface area (Å²) in [5.41, 5.74) is 1.19. The Morgan fingerprint density at radius 1 is 1.53 bits per heavy atom. The molecular formula is C9H7N3O2S. The number of H-pyrrole nitrogens is 2. The Balaban J connectivity index is 2.68. The minimum atomic E-state index is -1.04. The summed E-state index contributed by atoms with van der Waals surface area (Å²) in [5.74, 6) is -1.04. The van der Waals surface area contributed by atoms with Crippen molar-refractivity contribution in [2.45, 2.75) is 0 Å². The molecule has 0 bridgehead atoms. The fraction of sp³-hybridized carbons (Fsp3) is 0. The number of rotatable bonds is 2. The van der Waals surface area contributed by atoms with Crippen LogP contribution in [0.25, 0.3) is 11.4 Å². The van der Waals surface area contributed by atoms with Gasteiger partial charge in [-0.1, -0.05) is 0 Å². The van der Waals surface area contributed by atoms with Crippen LogP contribution in [0.1, 0.15) is 10.4 Å². The van der Waals surface area contributed by atoms with Crippen molar-refractivity contribution in [2.24, 2.45) is 0 Å². The summed E-state index contributed by atoms with van der Waals surface area (Å²) >= 11 is 4.85. The lowest BCUT2D eigenvalue weighted by Crippen LogP contribution is -2.03. The van der Waals surface area contributed by atoms with Gasteiger partial charge in [-0.05, 0) is 24.4 Å². The second kappa shape index (κ2) is 3.66. The van der Waals surface area contributed by atoms with Gasteiger partial charge in [0.2, 0.25) is 0 Å². The molecule has 0 aliphatic carbocycles. The van der Waals surface area contributed by atoms with Crippen molar-refractivity contribution in [3.8, 4) is 11.4 Å². The first-order valence-electron chi connectivity index (χ1n) is 4.15. The zero-order valence-electron chi connectivity index (χ0n) is 7.52. The fourth-order valence-electron chi connectivity index (χ4n) is 1.25. The predicted octanol–water partition coefficient (Wildman–Crippen LogP) is 1.83. The number of aromatic amines is 2. The standard InChI is InChI=1S/C9H7N3O2S/c13-8(14)5-4-11-9(15)12-7(5)6-2-1-3-10-6/h1-4,10H,(H,13,14)(H,11,12,15). The molecule has 2 rings (SSSR count). The third-order valence-electron chi connectivity index (χ3n) is 1.91. The number of aromatic nitrogens is 3. The van der Waals surface area contributed by atoms with Crippen LogP contribution in [0.2, 0.25) is 0 Å². The molecular weight excluding hydrogens is 214 g/mol. The summed E-state index contributed by atoms with van der Waals surface area (Å²) in [5, 5.41) is 8.95. The number of hydrogen-bond acceptors (Lipinski definition) is 3. The van der Waals surface area contributed by atoms with Gasteiger partial charge in [0.05, 0.1) is 11.4 Å². The van der Waals surface area contributed by atoms with E-state index >= 15 is 0 Å². The summed E-state index contributed by atoms with van der Waals surface area (Å²) in [6, 6.07) is 3.53. The molecule has 0 amide bonds. The highest BCUT2D eigenvalue weighted by Gasteiger charge is 2.12. The topological polar surface area (TPSA) is 81.8 Å². The Labute approximate surface area is 89.8 Å². The van der Waals surface area contributed by atoms with Crippen LogP contribution in [0.4, 0.5) is 0 Å². The van der Waals surface area contributed by atoms with Gasteiger partial charge in [0, 0.05) is 12.4 Å². The summed E-state index contributed by atoms with van der Waals surface area (Å²) in [7, 11) is 0. The average Bonchev–Trinajstić information content (AvgIpc) is 2.69. The summed E-state index contributed by atoms with van der Waals surface area (Å²) in [6.07, 6.45) is 2.95.